The Balaban J connectivity index is 1.56. The van der Waals surface area contributed by atoms with Gasteiger partial charge >= 0.3 is 0 Å². The minimum atomic E-state index is 0.0390. The molecule has 2 fully saturated rings. The summed E-state index contributed by atoms with van der Waals surface area (Å²) in [6, 6.07) is 2.17. The van der Waals surface area contributed by atoms with E-state index in [1.807, 2.05) is 6.07 Å². The van der Waals surface area contributed by atoms with E-state index in [1.54, 1.807) is 12.4 Å². The van der Waals surface area contributed by atoms with E-state index in [0.717, 1.165) is 51.3 Å². The van der Waals surface area contributed by atoms with Crippen LogP contribution in [0.15, 0.2) is 18.5 Å². The van der Waals surface area contributed by atoms with Gasteiger partial charge in [0.25, 0.3) is 0 Å². The molecule has 5 nitrogen and oxygen atoms in total. The van der Waals surface area contributed by atoms with Crippen LogP contribution in [0.3, 0.4) is 0 Å². The Hall–Kier alpha value is -1.33. The number of carbonyl (C=O) groups is 1. The summed E-state index contributed by atoms with van der Waals surface area (Å²) in [4.78, 5) is 18.5. The predicted molar refractivity (Wildman–Crippen MR) is 81.6 cm³/mol. The van der Waals surface area contributed by atoms with Gasteiger partial charge in [-0.25, -0.2) is 0 Å². The van der Waals surface area contributed by atoms with Gasteiger partial charge in [0.1, 0.15) is 0 Å². The maximum atomic E-state index is 12.4. The average molecular weight is 310 g/mol. The smallest absolute Gasteiger partial charge is 0.225 e. The lowest BCUT2D eigenvalue weighted by Gasteiger charge is -2.25. The molecule has 1 atom stereocenters. The van der Waals surface area contributed by atoms with E-state index in [4.69, 9.17) is 16.3 Å². The van der Waals surface area contributed by atoms with Gasteiger partial charge in [0.2, 0.25) is 5.91 Å². The Morgan fingerprint density at radius 1 is 1.38 bits per heavy atom. The van der Waals surface area contributed by atoms with Crippen LogP contribution < -0.4 is 10.2 Å². The largest absolute Gasteiger partial charge is 0.381 e. The highest BCUT2D eigenvalue weighted by atomic mass is 35.5. The molecular formula is C15H20ClN3O2. The molecule has 1 amide bonds. The van der Waals surface area contributed by atoms with Crippen molar-refractivity contribution in [2.24, 2.45) is 5.92 Å². The van der Waals surface area contributed by atoms with Gasteiger partial charge in [-0.05, 0) is 25.3 Å². The van der Waals surface area contributed by atoms with E-state index in [2.05, 4.69) is 15.2 Å². The molecule has 114 valence electrons. The molecule has 0 aliphatic carbocycles. The molecule has 1 N–H and O–H groups in total. The Morgan fingerprint density at radius 2 is 2.19 bits per heavy atom. The summed E-state index contributed by atoms with van der Waals surface area (Å²) in [6.07, 6.45) is 6.08. The van der Waals surface area contributed by atoms with Gasteiger partial charge in [0, 0.05) is 44.7 Å². The number of carbonyl (C=O) groups excluding carboxylic acids is 1. The van der Waals surface area contributed by atoms with Gasteiger partial charge in [-0.2, -0.15) is 0 Å². The first-order valence-electron chi connectivity index (χ1n) is 7.46. The monoisotopic (exact) mass is 309 g/mol. The number of ether oxygens (including phenoxy) is 1. The first kappa shape index (κ1) is 14.6. The summed E-state index contributed by atoms with van der Waals surface area (Å²) in [5, 5.41) is 3.80. The quantitative estimate of drug-likeness (QED) is 0.926. The minimum Gasteiger partial charge on any atom is -0.381 e. The minimum absolute atomic E-state index is 0.0390. The lowest BCUT2D eigenvalue weighted by molar-refractivity contribution is -0.125. The summed E-state index contributed by atoms with van der Waals surface area (Å²) in [5.41, 5.74) is 0.966. The molecule has 6 heteroatoms. The van der Waals surface area contributed by atoms with E-state index in [0.29, 0.717) is 5.02 Å². The van der Waals surface area contributed by atoms with Crippen LogP contribution in [-0.2, 0) is 9.53 Å². The molecule has 0 bridgehead atoms. The van der Waals surface area contributed by atoms with Crippen molar-refractivity contribution >= 4 is 23.2 Å². The molecule has 2 aliphatic rings. The lowest BCUT2D eigenvalue weighted by Crippen LogP contribution is -2.42. The third kappa shape index (κ3) is 3.47. The summed E-state index contributed by atoms with van der Waals surface area (Å²) >= 11 is 6.17. The number of aromatic nitrogens is 1. The van der Waals surface area contributed by atoms with Crippen LogP contribution in [0.2, 0.25) is 5.02 Å². The van der Waals surface area contributed by atoms with Crippen LogP contribution in [0.5, 0.6) is 0 Å². The third-order valence-electron chi connectivity index (χ3n) is 4.22. The molecule has 0 saturated carbocycles. The topological polar surface area (TPSA) is 54.5 Å². The van der Waals surface area contributed by atoms with Crippen LogP contribution in [-0.4, -0.2) is 43.2 Å². The zero-order valence-corrected chi connectivity index (χ0v) is 12.7. The molecule has 2 aliphatic heterocycles. The highest BCUT2D eigenvalue weighted by Gasteiger charge is 2.30. The maximum absolute atomic E-state index is 12.4. The van der Waals surface area contributed by atoms with Gasteiger partial charge in [-0.3, -0.25) is 9.78 Å². The molecule has 2 saturated heterocycles. The Labute approximate surface area is 129 Å². The molecular weight excluding hydrogens is 290 g/mol. The SMILES string of the molecule is O=C(NC1CCOCC1)C1CCN(c2ccncc2Cl)C1. The number of hydrogen-bond donors (Lipinski definition) is 1. The zero-order chi connectivity index (χ0) is 14.7. The van der Waals surface area contributed by atoms with Gasteiger partial charge in [0.15, 0.2) is 0 Å². The molecule has 21 heavy (non-hydrogen) atoms. The fourth-order valence-corrected chi connectivity index (χ4v) is 3.22. The van der Waals surface area contributed by atoms with E-state index in [9.17, 15) is 4.79 Å². The van der Waals surface area contributed by atoms with Crippen LogP contribution in [0.4, 0.5) is 5.69 Å². The summed E-state index contributed by atoms with van der Waals surface area (Å²) in [7, 11) is 0. The maximum Gasteiger partial charge on any atom is 0.225 e. The number of hydrogen-bond acceptors (Lipinski definition) is 4. The fourth-order valence-electron chi connectivity index (χ4n) is 2.98. The highest BCUT2D eigenvalue weighted by molar-refractivity contribution is 6.33. The van der Waals surface area contributed by atoms with Gasteiger partial charge in [-0.15, -0.1) is 0 Å². The van der Waals surface area contributed by atoms with Crippen molar-refractivity contribution in [2.45, 2.75) is 25.3 Å². The lowest BCUT2D eigenvalue weighted by atomic mass is 10.1. The van der Waals surface area contributed by atoms with Crippen molar-refractivity contribution < 1.29 is 9.53 Å². The molecule has 1 aromatic rings. The molecule has 3 heterocycles. The van der Waals surface area contributed by atoms with Crippen molar-refractivity contribution in [1.82, 2.24) is 10.3 Å². The van der Waals surface area contributed by atoms with Crippen molar-refractivity contribution in [3.05, 3.63) is 23.5 Å². The molecule has 0 aromatic carbocycles. The molecule has 0 spiro atoms. The van der Waals surface area contributed by atoms with E-state index in [1.165, 1.54) is 0 Å². The highest BCUT2D eigenvalue weighted by Crippen LogP contribution is 2.29. The molecule has 3 rings (SSSR count). The van der Waals surface area contributed by atoms with Crippen LogP contribution in [0.25, 0.3) is 0 Å². The number of anilines is 1. The first-order chi connectivity index (χ1) is 10.2. The predicted octanol–water partition coefficient (Wildman–Crippen LogP) is 1.86. The third-order valence-corrected chi connectivity index (χ3v) is 4.51. The fraction of sp³-hybridized carbons (Fsp3) is 0.600. The number of rotatable bonds is 3. The van der Waals surface area contributed by atoms with Gasteiger partial charge in [0.05, 0.1) is 16.6 Å². The Morgan fingerprint density at radius 3 is 2.95 bits per heavy atom. The number of amides is 1. The van der Waals surface area contributed by atoms with Crippen LogP contribution in [0.1, 0.15) is 19.3 Å². The average Bonchev–Trinajstić information content (AvgIpc) is 2.98. The number of nitrogens with one attached hydrogen (secondary N) is 1. The van der Waals surface area contributed by atoms with Gasteiger partial charge in [-0.1, -0.05) is 11.6 Å². The summed E-state index contributed by atoms with van der Waals surface area (Å²) in [6.45, 7) is 3.07. The Bertz CT molecular complexity index is 505. The second-order valence-corrected chi connectivity index (χ2v) is 6.06. The number of halogens is 1. The normalized spacial score (nSPS) is 23.3. The molecule has 1 aromatic heterocycles. The first-order valence-corrected chi connectivity index (χ1v) is 7.84. The van der Waals surface area contributed by atoms with Crippen molar-refractivity contribution in [3.63, 3.8) is 0 Å². The van der Waals surface area contributed by atoms with Crippen molar-refractivity contribution in [1.29, 1.82) is 0 Å². The van der Waals surface area contributed by atoms with Crippen LogP contribution in [0, 0.1) is 5.92 Å². The van der Waals surface area contributed by atoms with E-state index < -0.39 is 0 Å². The van der Waals surface area contributed by atoms with E-state index >= 15 is 0 Å². The second kappa shape index (κ2) is 6.62. The number of pyridine rings is 1. The van der Waals surface area contributed by atoms with Gasteiger partial charge < -0.3 is 15.0 Å². The molecule has 0 radical (unpaired) electrons. The number of nitrogens with zero attached hydrogens (tertiary/aromatic N) is 2. The van der Waals surface area contributed by atoms with Crippen molar-refractivity contribution in [3.8, 4) is 0 Å². The zero-order valence-electron chi connectivity index (χ0n) is 11.9. The summed E-state index contributed by atoms with van der Waals surface area (Å²) in [5.74, 6) is 0.201. The second-order valence-electron chi connectivity index (χ2n) is 5.65. The molecule has 1 unspecified atom stereocenters. The Kier molecular flexibility index (Phi) is 4.60. The van der Waals surface area contributed by atoms with E-state index in [-0.39, 0.29) is 17.9 Å². The van der Waals surface area contributed by atoms with Crippen LogP contribution >= 0.6 is 11.6 Å². The van der Waals surface area contributed by atoms with Crippen molar-refractivity contribution in [2.75, 3.05) is 31.2 Å². The standard InChI is InChI=1S/C15H20ClN3O2/c16-13-9-17-5-1-14(13)19-6-2-11(10-19)15(20)18-12-3-7-21-8-4-12/h1,5,9,11-12H,2-4,6-8,10H2,(H,18,20). The summed E-state index contributed by atoms with van der Waals surface area (Å²) < 4.78 is 5.31.